The average Bonchev–Trinajstić information content (AvgIpc) is 2.82. The SMILES string of the molecule is COc1cccc(C(=O)c2cn(CC(=O)Nc3ccc(Br)cc3F)c3nc(C)ccc3c2=O)c1. The van der Waals surface area contributed by atoms with E-state index in [2.05, 4.69) is 26.2 Å². The highest BCUT2D eigenvalue weighted by atomic mass is 79.9. The molecule has 0 aliphatic carbocycles. The van der Waals surface area contributed by atoms with Crippen LogP contribution in [-0.4, -0.2) is 28.4 Å². The number of methoxy groups -OCH3 is 1. The maximum atomic E-state index is 14.2. The van der Waals surface area contributed by atoms with Crippen LogP contribution in [0.2, 0.25) is 0 Å². The van der Waals surface area contributed by atoms with Crippen LogP contribution in [0.4, 0.5) is 10.1 Å². The summed E-state index contributed by atoms with van der Waals surface area (Å²) in [6, 6.07) is 14.0. The third-order valence-electron chi connectivity index (χ3n) is 5.16. The topological polar surface area (TPSA) is 90.3 Å². The van der Waals surface area contributed by atoms with Crippen LogP contribution in [0.15, 0.2) is 70.1 Å². The number of anilines is 1. The summed E-state index contributed by atoms with van der Waals surface area (Å²) in [5.41, 5.74) is 0.546. The van der Waals surface area contributed by atoms with Gasteiger partial charge in [0.2, 0.25) is 11.3 Å². The molecule has 7 nitrogen and oxygen atoms in total. The molecule has 0 fully saturated rings. The van der Waals surface area contributed by atoms with Crippen LogP contribution in [0, 0.1) is 12.7 Å². The molecule has 4 aromatic rings. The molecule has 0 saturated heterocycles. The summed E-state index contributed by atoms with van der Waals surface area (Å²) in [6.07, 6.45) is 1.32. The number of benzene rings is 2. The van der Waals surface area contributed by atoms with Crippen LogP contribution in [0.5, 0.6) is 5.75 Å². The molecule has 172 valence electrons. The number of nitrogens with zero attached hydrogens (tertiary/aromatic N) is 2. The highest BCUT2D eigenvalue weighted by molar-refractivity contribution is 9.10. The second kappa shape index (κ2) is 9.56. The molecule has 34 heavy (non-hydrogen) atoms. The Morgan fingerprint density at radius 2 is 1.94 bits per heavy atom. The number of carbonyl (C=O) groups excluding carboxylic acids is 2. The van der Waals surface area contributed by atoms with Crippen LogP contribution in [0.3, 0.4) is 0 Å². The van der Waals surface area contributed by atoms with E-state index in [0.29, 0.717) is 15.9 Å². The van der Waals surface area contributed by atoms with Gasteiger partial charge in [-0.3, -0.25) is 14.4 Å². The van der Waals surface area contributed by atoms with Gasteiger partial charge in [0, 0.05) is 21.9 Å². The van der Waals surface area contributed by atoms with Gasteiger partial charge < -0.3 is 14.6 Å². The van der Waals surface area contributed by atoms with Gasteiger partial charge >= 0.3 is 0 Å². The molecule has 0 aliphatic rings. The highest BCUT2D eigenvalue weighted by Crippen LogP contribution is 2.20. The van der Waals surface area contributed by atoms with Crippen molar-refractivity contribution in [3.05, 3.63) is 98.1 Å². The molecular weight excluding hydrogens is 505 g/mol. The summed E-state index contributed by atoms with van der Waals surface area (Å²) in [5.74, 6) is -1.19. The zero-order valence-corrected chi connectivity index (χ0v) is 19.8. The van der Waals surface area contributed by atoms with Crippen molar-refractivity contribution in [2.24, 2.45) is 0 Å². The number of nitrogens with one attached hydrogen (secondary N) is 1. The van der Waals surface area contributed by atoms with Gasteiger partial charge in [-0.2, -0.15) is 0 Å². The van der Waals surface area contributed by atoms with Crippen LogP contribution in [-0.2, 0) is 11.3 Å². The fourth-order valence-electron chi connectivity index (χ4n) is 3.50. The van der Waals surface area contributed by atoms with Gasteiger partial charge in [0.05, 0.1) is 23.7 Å². The molecule has 9 heteroatoms. The number of fused-ring (bicyclic) bond motifs is 1. The number of rotatable bonds is 6. The Morgan fingerprint density at radius 3 is 2.68 bits per heavy atom. The molecule has 0 bridgehead atoms. The molecule has 2 aromatic carbocycles. The van der Waals surface area contributed by atoms with Crippen molar-refractivity contribution < 1.29 is 18.7 Å². The first kappa shape index (κ1) is 23.3. The summed E-state index contributed by atoms with van der Waals surface area (Å²) < 4.78 is 21.3. The molecule has 0 unspecified atom stereocenters. The van der Waals surface area contributed by atoms with E-state index in [9.17, 15) is 18.8 Å². The van der Waals surface area contributed by atoms with Crippen LogP contribution >= 0.6 is 15.9 Å². The second-order valence-corrected chi connectivity index (χ2v) is 8.47. The van der Waals surface area contributed by atoms with Crippen molar-refractivity contribution in [3.63, 3.8) is 0 Å². The van der Waals surface area contributed by atoms with Crippen molar-refractivity contribution in [2.75, 3.05) is 12.4 Å². The first-order valence-corrected chi connectivity index (χ1v) is 11.0. The Hall–Kier alpha value is -3.85. The third-order valence-corrected chi connectivity index (χ3v) is 5.65. The zero-order valence-electron chi connectivity index (χ0n) is 18.3. The largest absolute Gasteiger partial charge is 0.497 e. The van der Waals surface area contributed by atoms with E-state index in [-0.39, 0.29) is 34.4 Å². The van der Waals surface area contributed by atoms with E-state index >= 15 is 0 Å². The molecule has 0 atom stereocenters. The summed E-state index contributed by atoms with van der Waals surface area (Å²) in [5, 5.41) is 2.71. The Kier molecular flexibility index (Phi) is 6.56. The van der Waals surface area contributed by atoms with Gasteiger partial charge in [-0.1, -0.05) is 28.1 Å². The van der Waals surface area contributed by atoms with E-state index in [0.717, 1.165) is 0 Å². The number of ether oxygens (including phenoxy) is 1. The first-order valence-electron chi connectivity index (χ1n) is 10.2. The van der Waals surface area contributed by atoms with E-state index in [1.54, 1.807) is 43.3 Å². The second-order valence-electron chi connectivity index (χ2n) is 7.56. The quantitative estimate of drug-likeness (QED) is 0.376. The molecular formula is C25H19BrFN3O4. The molecule has 0 spiro atoms. The molecule has 1 amide bonds. The van der Waals surface area contributed by atoms with Gasteiger partial charge in [-0.05, 0) is 49.4 Å². The number of aromatic nitrogens is 2. The lowest BCUT2D eigenvalue weighted by Crippen LogP contribution is -2.25. The predicted octanol–water partition coefficient (Wildman–Crippen LogP) is 4.48. The lowest BCUT2D eigenvalue weighted by molar-refractivity contribution is -0.116. The van der Waals surface area contributed by atoms with Crippen molar-refractivity contribution >= 4 is 44.3 Å². The van der Waals surface area contributed by atoms with Gasteiger partial charge in [0.25, 0.3) is 0 Å². The van der Waals surface area contributed by atoms with E-state index in [1.807, 2.05) is 0 Å². The van der Waals surface area contributed by atoms with Crippen LogP contribution in [0.1, 0.15) is 21.6 Å². The number of carbonyl (C=O) groups is 2. The normalized spacial score (nSPS) is 10.8. The van der Waals surface area contributed by atoms with E-state index in [1.165, 1.54) is 36.1 Å². The predicted molar refractivity (Wildman–Crippen MR) is 130 cm³/mol. The third kappa shape index (κ3) is 4.74. The average molecular weight is 524 g/mol. The van der Waals surface area contributed by atoms with Crippen molar-refractivity contribution in [1.29, 1.82) is 0 Å². The Balaban J connectivity index is 1.76. The Morgan fingerprint density at radius 1 is 1.15 bits per heavy atom. The minimum Gasteiger partial charge on any atom is -0.497 e. The summed E-state index contributed by atoms with van der Waals surface area (Å²) in [6.45, 7) is 1.46. The summed E-state index contributed by atoms with van der Waals surface area (Å²) in [7, 11) is 1.48. The first-order chi connectivity index (χ1) is 16.3. The number of amides is 1. The fourth-order valence-corrected chi connectivity index (χ4v) is 3.83. The number of hydrogen-bond acceptors (Lipinski definition) is 5. The minimum atomic E-state index is -0.602. The molecule has 0 aliphatic heterocycles. The van der Waals surface area contributed by atoms with Crippen LogP contribution in [0.25, 0.3) is 11.0 Å². The summed E-state index contributed by atoms with van der Waals surface area (Å²) >= 11 is 3.17. The Bertz CT molecular complexity index is 1500. The number of pyridine rings is 2. The molecule has 2 aromatic heterocycles. The lowest BCUT2D eigenvalue weighted by atomic mass is 10.0. The van der Waals surface area contributed by atoms with Crippen molar-refractivity contribution in [3.8, 4) is 5.75 Å². The van der Waals surface area contributed by atoms with Crippen molar-refractivity contribution in [2.45, 2.75) is 13.5 Å². The van der Waals surface area contributed by atoms with Gasteiger partial charge in [-0.15, -0.1) is 0 Å². The molecule has 0 radical (unpaired) electrons. The molecule has 2 heterocycles. The monoisotopic (exact) mass is 523 g/mol. The Labute approximate surface area is 202 Å². The maximum Gasteiger partial charge on any atom is 0.244 e. The number of aryl methyl sites for hydroxylation is 1. The minimum absolute atomic E-state index is 0.00960. The van der Waals surface area contributed by atoms with Gasteiger partial charge in [0.15, 0.2) is 5.78 Å². The molecule has 1 N–H and O–H groups in total. The van der Waals surface area contributed by atoms with Crippen LogP contribution < -0.4 is 15.5 Å². The fraction of sp³-hybridized carbons (Fsp3) is 0.120. The summed E-state index contributed by atoms with van der Waals surface area (Å²) in [4.78, 5) is 43.5. The van der Waals surface area contributed by atoms with Gasteiger partial charge in [0.1, 0.15) is 23.8 Å². The number of hydrogen-bond donors (Lipinski definition) is 1. The zero-order chi connectivity index (χ0) is 24.4. The van der Waals surface area contributed by atoms with E-state index < -0.39 is 22.9 Å². The number of halogens is 2. The standard InChI is InChI=1S/C25H19BrFN3O4/c1-14-6-8-18-24(33)19(23(32)15-4-3-5-17(10-15)34-2)12-30(25(18)28-14)13-22(31)29-21-9-7-16(26)11-20(21)27/h3-12H,13H2,1-2H3,(H,29,31). The van der Waals surface area contributed by atoms with E-state index in [4.69, 9.17) is 4.74 Å². The number of ketones is 1. The molecule has 4 rings (SSSR count). The maximum absolute atomic E-state index is 14.2. The smallest absolute Gasteiger partial charge is 0.244 e. The van der Waals surface area contributed by atoms with Gasteiger partial charge in [-0.25, -0.2) is 9.37 Å². The highest BCUT2D eigenvalue weighted by Gasteiger charge is 2.20. The van der Waals surface area contributed by atoms with Crippen molar-refractivity contribution in [1.82, 2.24) is 9.55 Å². The lowest BCUT2D eigenvalue weighted by Gasteiger charge is -2.14. The molecule has 0 saturated carbocycles.